The van der Waals surface area contributed by atoms with E-state index in [4.69, 9.17) is 21.1 Å². The van der Waals surface area contributed by atoms with E-state index in [1.807, 2.05) is 0 Å². The number of benzene rings is 2. The van der Waals surface area contributed by atoms with Gasteiger partial charge in [-0.25, -0.2) is 8.42 Å². The highest BCUT2D eigenvalue weighted by Gasteiger charge is 2.19. The maximum absolute atomic E-state index is 12.2. The lowest BCUT2D eigenvalue weighted by atomic mass is 10.2. The lowest BCUT2D eigenvalue weighted by molar-refractivity contribution is -0.116. The molecule has 0 aromatic heterocycles. The molecule has 162 valence electrons. The Morgan fingerprint density at radius 3 is 2.50 bits per heavy atom. The zero-order valence-corrected chi connectivity index (χ0v) is 18.5. The number of sulfonamides is 1. The number of nitrogens with one attached hydrogen (secondary N) is 1. The van der Waals surface area contributed by atoms with E-state index in [0.717, 1.165) is 6.26 Å². The summed E-state index contributed by atoms with van der Waals surface area (Å²) < 4.78 is 36.1. The lowest BCUT2D eigenvalue weighted by Crippen LogP contribution is -2.31. The number of ether oxygens (including phenoxy) is 2. The quantitative estimate of drug-likeness (QED) is 0.519. The molecular weight excluding hydrogens is 428 g/mol. The van der Waals surface area contributed by atoms with Crippen molar-refractivity contribution < 1.29 is 22.7 Å². The van der Waals surface area contributed by atoms with Crippen LogP contribution in [0.15, 0.2) is 55.1 Å². The van der Waals surface area contributed by atoms with Crippen molar-refractivity contribution in [2.24, 2.45) is 0 Å². The van der Waals surface area contributed by atoms with Crippen LogP contribution in [-0.2, 0) is 14.8 Å². The summed E-state index contributed by atoms with van der Waals surface area (Å²) in [6.07, 6.45) is 3.25. The van der Waals surface area contributed by atoms with Gasteiger partial charge in [-0.3, -0.25) is 9.10 Å². The Morgan fingerprint density at radius 1 is 1.23 bits per heavy atom. The molecule has 0 spiro atoms. The van der Waals surface area contributed by atoms with Crippen LogP contribution in [0.4, 0.5) is 11.4 Å². The molecule has 0 radical (unpaired) electrons. The largest absolute Gasteiger partial charge is 0.495 e. The number of carbonyl (C=O) groups is 1. The minimum Gasteiger partial charge on any atom is -0.495 e. The lowest BCUT2D eigenvalue weighted by Gasteiger charge is -2.23. The van der Waals surface area contributed by atoms with Crippen LogP contribution in [0.1, 0.15) is 12.8 Å². The third-order valence-electron chi connectivity index (χ3n) is 4.09. The van der Waals surface area contributed by atoms with Gasteiger partial charge in [-0.2, -0.15) is 0 Å². The maximum atomic E-state index is 12.2. The monoisotopic (exact) mass is 452 g/mol. The molecule has 7 nitrogen and oxygen atoms in total. The fraction of sp³-hybridized carbons (Fsp3) is 0.286. The van der Waals surface area contributed by atoms with E-state index in [1.54, 1.807) is 42.5 Å². The van der Waals surface area contributed by atoms with Crippen molar-refractivity contribution in [3.8, 4) is 11.5 Å². The van der Waals surface area contributed by atoms with Gasteiger partial charge in [-0.15, -0.1) is 0 Å². The van der Waals surface area contributed by atoms with Crippen molar-refractivity contribution in [2.45, 2.75) is 12.8 Å². The molecule has 0 atom stereocenters. The maximum Gasteiger partial charge on any atom is 0.232 e. The predicted molar refractivity (Wildman–Crippen MR) is 120 cm³/mol. The van der Waals surface area contributed by atoms with Crippen molar-refractivity contribution >= 4 is 38.9 Å². The molecule has 9 heteroatoms. The molecule has 0 heterocycles. The van der Waals surface area contributed by atoms with Gasteiger partial charge < -0.3 is 14.8 Å². The minimum atomic E-state index is -3.54. The van der Waals surface area contributed by atoms with Crippen molar-refractivity contribution in [3.05, 3.63) is 60.1 Å². The average Bonchev–Trinajstić information content (AvgIpc) is 2.69. The average molecular weight is 453 g/mol. The Bertz CT molecular complexity index is 977. The number of halogens is 1. The minimum absolute atomic E-state index is 0.142. The number of carbonyl (C=O) groups excluding carboxylic acids is 1. The number of anilines is 2. The summed E-state index contributed by atoms with van der Waals surface area (Å²) in [6.45, 7) is 4.13. The summed E-state index contributed by atoms with van der Waals surface area (Å²) >= 11 is 6.11. The molecule has 0 saturated heterocycles. The van der Waals surface area contributed by atoms with Gasteiger partial charge in [0.1, 0.15) is 18.1 Å². The molecule has 0 aliphatic carbocycles. The second-order valence-electron chi connectivity index (χ2n) is 6.43. The van der Waals surface area contributed by atoms with Crippen molar-refractivity contribution in [2.75, 3.05) is 36.1 Å². The van der Waals surface area contributed by atoms with Gasteiger partial charge in [0, 0.05) is 18.7 Å². The van der Waals surface area contributed by atoms with Gasteiger partial charge in [0.15, 0.2) is 0 Å². The van der Waals surface area contributed by atoms with Gasteiger partial charge in [0.2, 0.25) is 15.9 Å². The normalized spacial score (nSPS) is 10.9. The standard InChI is InChI=1S/C21H25ClN2O5S/c1-4-14-29-18-10-7-16(8-11-18)23-21(25)6-5-13-24(30(3,26)27)17-9-12-20(28-2)19(22)15-17/h4,7-12,15H,1,5-6,13-14H2,2-3H3,(H,23,25). The third-order valence-corrected chi connectivity index (χ3v) is 5.58. The molecule has 0 aliphatic rings. The smallest absolute Gasteiger partial charge is 0.232 e. The fourth-order valence-electron chi connectivity index (χ4n) is 2.69. The summed E-state index contributed by atoms with van der Waals surface area (Å²) in [5.74, 6) is 0.917. The highest BCUT2D eigenvalue weighted by atomic mass is 35.5. The van der Waals surface area contributed by atoms with E-state index in [1.165, 1.54) is 17.5 Å². The molecule has 0 fully saturated rings. The molecular formula is C21H25ClN2O5S. The van der Waals surface area contributed by atoms with E-state index in [9.17, 15) is 13.2 Å². The van der Waals surface area contributed by atoms with Crippen LogP contribution in [-0.4, -0.2) is 40.8 Å². The van der Waals surface area contributed by atoms with E-state index in [-0.39, 0.29) is 18.9 Å². The van der Waals surface area contributed by atoms with Crippen LogP contribution in [0.25, 0.3) is 0 Å². The molecule has 2 rings (SSSR count). The van der Waals surface area contributed by atoms with Gasteiger partial charge in [-0.05, 0) is 48.9 Å². The zero-order valence-electron chi connectivity index (χ0n) is 16.9. The molecule has 0 saturated carbocycles. The second kappa shape index (κ2) is 10.9. The Morgan fingerprint density at radius 2 is 1.93 bits per heavy atom. The van der Waals surface area contributed by atoms with E-state index >= 15 is 0 Å². The zero-order chi connectivity index (χ0) is 22.1. The summed E-state index contributed by atoms with van der Waals surface area (Å²) in [5.41, 5.74) is 1.05. The number of amides is 1. The second-order valence-corrected chi connectivity index (χ2v) is 8.74. The Kier molecular flexibility index (Phi) is 8.56. The number of methoxy groups -OCH3 is 1. The van der Waals surface area contributed by atoms with Crippen LogP contribution < -0.4 is 19.1 Å². The molecule has 0 aliphatic heterocycles. The fourth-order valence-corrected chi connectivity index (χ4v) is 3.90. The van der Waals surface area contributed by atoms with Crippen LogP contribution in [0.3, 0.4) is 0 Å². The molecule has 30 heavy (non-hydrogen) atoms. The van der Waals surface area contributed by atoms with Crippen LogP contribution in [0.5, 0.6) is 11.5 Å². The molecule has 0 bridgehead atoms. The number of nitrogens with zero attached hydrogens (tertiary/aromatic N) is 1. The highest BCUT2D eigenvalue weighted by Crippen LogP contribution is 2.30. The summed E-state index contributed by atoms with van der Waals surface area (Å²) in [6, 6.07) is 11.7. The van der Waals surface area contributed by atoms with Gasteiger partial charge in [0.25, 0.3) is 0 Å². The number of hydrogen-bond donors (Lipinski definition) is 1. The third kappa shape index (κ3) is 6.96. The van der Waals surface area contributed by atoms with Crippen LogP contribution in [0.2, 0.25) is 5.02 Å². The number of hydrogen-bond acceptors (Lipinski definition) is 5. The van der Waals surface area contributed by atoms with Crippen molar-refractivity contribution in [1.29, 1.82) is 0 Å². The van der Waals surface area contributed by atoms with Crippen LogP contribution in [0, 0.1) is 0 Å². The predicted octanol–water partition coefficient (Wildman–Crippen LogP) is 4.10. The van der Waals surface area contributed by atoms with E-state index in [2.05, 4.69) is 11.9 Å². The summed E-state index contributed by atoms with van der Waals surface area (Å²) in [5, 5.41) is 3.09. The highest BCUT2D eigenvalue weighted by molar-refractivity contribution is 7.92. The molecule has 1 N–H and O–H groups in total. The van der Waals surface area contributed by atoms with Crippen molar-refractivity contribution in [3.63, 3.8) is 0 Å². The molecule has 0 unspecified atom stereocenters. The summed E-state index contributed by atoms with van der Waals surface area (Å²) in [7, 11) is -2.06. The Labute approximate surface area is 182 Å². The first kappa shape index (κ1) is 23.6. The molecule has 2 aromatic carbocycles. The molecule has 1 amide bonds. The van der Waals surface area contributed by atoms with Gasteiger partial charge in [0.05, 0.1) is 24.1 Å². The summed E-state index contributed by atoms with van der Waals surface area (Å²) in [4.78, 5) is 12.2. The van der Waals surface area contributed by atoms with Gasteiger partial charge in [-0.1, -0.05) is 24.3 Å². The first-order valence-corrected chi connectivity index (χ1v) is 11.4. The van der Waals surface area contributed by atoms with Crippen LogP contribution >= 0.6 is 11.6 Å². The molecule has 2 aromatic rings. The van der Waals surface area contributed by atoms with Crippen molar-refractivity contribution in [1.82, 2.24) is 0 Å². The Hall–Kier alpha value is -2.71. The van der Waals surface area contributed by atoms with Gasteiger partial charge >= 0.3 is 0 Å². The topological polar surface area (TPSA) is 84.9 Å². The Balaban J connectivity index is 1.94. The number of rotatable bonds is 11. The first-order valence-electron chi connectivity index (χ1n) is 9.19. The first-order chi connectivity index (χ1) is 14.2. The SMILES string of the molecule is C=CCOc1ccc(NC(=O)CCCN(c2ccc(OC)c(Cl)c2)S(C)(=O)=O)cc1. The van der Waals surface area contributed by atoms with E-state index in [0.29, 0.717) is 40.9 Å². The van der Waals surface area contributed by atoms with E-state index < -0.39 is 10.0 Å².